The molecule has 6 unspecified atom stereocenters. The average molecular weight is 589 g/mol. The molecule has 0 radical (unpaired) electrons. The van der Waals surface area contributed by atoms with Crippen LogP contribution in [0.2, 0.25) is 0 Å². The first-order valence-corrected chi connectivity index (χ1v) is 14.3. The van der Waals surface area contributed by atoms with Crippen molar-refractivity contribution in [2.24, 2.45) is 5.92 Å². The fourth-order valence-electron chi connectivity index (χ4n) is 3.91. The second-order valence-electron chi connectivity index (χ2n) is 8.69. The van der Waals surface area contributed by atoms with Crippen molar-refractivity contribution in [2.75, 3.05) is 25.6 Å². The van der Waals surface area contributed by atoms with Crippen LogP contribution in [0.25, 0.3) is 0 Å². The SMILES string of the molecule is C[C@@H]1C(O)C[C@H](C(OP(=O)([O-])OC[C@H]2O[C@@H](n3ccc(N)nc3=O)C(O)[C@H]2O)P(=O)([O-])O)OC1OCCO. The predicted molar refractivity (Wildman–Crippen MR) is 119 cm³/mol. The van der Waals surface area contributed by atoms with Crippen molar-refractivity contribution < 1.29 is 67.5 Å². The number of nitrogens with two attached hydrogens (primary N) is 1. The molecule has 0 amide bonds. The Kier molecular flexibility index (Phi) is 10.2. The molecular formula is C18H29N3O15P2-2. The maximum Gasteiger partial charge on any atom is 0.351 e. The number of phosphoric ester groups is 1. The number of aliphatic hydroxyl groups is 4. The van der Waals surface area contributed by atoms with Crippen molar-refractivity contribution in [1.29, 1.82) is 0 Å². The normalized spacial score (nSPS) is 35.9. The number of hydrogen-bond acceptors (Lipinski definition) is 16. The number of aliphatic hydroxyl groups excluding tert-OH is 4. The zero-order valence-corrected chi connectivity index (χ0v) is 21.7. The fourth-order valence-corrected chi connectivity index (χ4v) is 6.14. The van der Waals surface area contributed by atoms with Crippen LogP contribution in [0, 0.1) is 5.92 Å². The van der Waals surface area contributed by atoms with E-state index in [2.05, 4.69) is 14.0 Å². The van der Waals surface area contributed by atoms with Crippen molar-refractivity contribution in [3.63, 3.8) is 0 Å². The molecule has 18 nitrogen and oxygen atoms in total. The maximum atomic E-state index is 12.5. The molecule has 7 N–H and O–H groups in total. The van der Waals surface area contributed by atoms with Gasteiger partial charge in [0.1, 0.15) is 24.1 Å². The first-order chi connectivity index (χ1) is 17.6. The number of nitrogens with zero attached hydrogens (tertiary/aromatic N) is 2. The van der Waals surface area contributed by atoms with Gasteiger partial charge in [0, 0.05) is 18.5 Å². The van der Waals surface area contributed by atoms with E-state index in [1.807, 2.05) is 0 Å². The molecule has 3 heterocycles. The summed E-state index contributed by atoms with van der Waals surface area (Å²) < 4.78 is 50.4. The summed E-state index contributed by atoms with van der Waals surface area (Å²) in [5, 5.41) is 39.7. The van der Waals surface area contributed by atoms with E-state index < -0.39 is 95.5 Å². The van der Waals surface area contributed by atoms with Gasteiger partial charge in [-0.2, -0.15) is 4.98 Å². The monoisotopic (exact) mass is 589 g/mol. The molecule has 11 atom stereocenters. The van der Waals surface area contributed by atoms with Crippen molar-refractivity contribution >= 4 is 21.2 Å². The van der Waals surface area contributed by atoms with Gasteiger partial charge < -0.3 is 68.7 Å². The van der Waals surface area contributed by atoms with Crippen LogP contribution in [0.3, 0.4) is 0 Å². The summed E-state index contributed by atoms with van der Waals surface area (Å²) in [6.07, 6.45) is -10.1. The third-order valence-corrected chi connectivity index (χ3v) is 8.13. The van der Waals surface area contributed by atoms with Gasteiger partial charge in [-0.05, 0) is 6.07 Å². The zero-order chi connectivity index (χ0) is 28.4. The molecule has 38 heavy (non-hydrogen) atoms. The molecule has 1 aromatic heterocycles. The summed E-state index contributed by atoms with van der Waals surface area (Å²) >= 11 is 0. The maximum absolute atomic E-state index is 12.5. The van der Waals surface area contributed by atoms with E-state index in [0.717, 1.165) is 10.8 Å². The van der Waals surface area contributed by atoms with Crippen LogP contribution in [0.1, 0.15) is 19.6 Å². The van der Waals surface area contributed by atoms with E-state index >= 15 is 0 Å². The molecule has 2 fully saturated rings. The highest BCUT2D eigenvalue weighted by Crippen LogP contribution is 2.52. The Labute approximate surface area is 215 Å². The largest absolute Gasteiger partial charge is 0.777 e. The third kappa shape index (κ3) is 7.44. The molecule has 3 rings (SSSR count). The van der Waals surface area contributed by atoms with Gasteiger partial charge in [0.2, 0.25) is 0 Å². The van der Waals surface area contributed by atoms with Gasteiger partial charge in [-0.25, -0.2) is 4.79 Å². The van der Waals surface area contributed by atoms with E-state index in [9.17, 15) is 43.9 Å². The minimum absolute atomic E-state index is 0.118. The standard InChI is InChI=1S/C18H31N3O15P2/c1-8-9(23)6-10(35-16(8)32-5-4-22)17(37(27,28)29)36-38(30,31)33-7-11-13(24)14(25)15(34-11)21-3-2-12(19)20-18(21)26/h2-3,8-11,13-17,22-25H,4-7H2,1H3,(H,30,31)(H2,19,20,26)(H2,27,28,29)/p-2/t8-,9?,10-,11-,13+,14?,15-,16?,17?/m1/s1. The van der Waals surface area contributed by atoms with Crippen LogP contribution in [-0.4, -0.2) is 97.3 Å². The van der Waals surface area contributed by atoms with Gasteiger partial charge in [-0.3, -0.25) is 9.13 Å². The van der Waals surface area contributed by atoms with E-state index in [-0.39, 0.29) is 12.4 Å². The van der Waals surface area contributed by atoms with Gasteiger partial charge in [0.15, 0.2) is 26.0 Å². The Morgan fingerprint density at radius 1 is 1.26 bits per heavy atom. The number of rotatable bonds is 11. The van der Waals surface area contributed by atoms with Crippen LogP contribution in [0.5, 0.6) is 0 Å². The highest BCUT2D eigenvalue weighted by molar-refractivity contribution is 7.52. The molecule has 218 valence electrons. The molecule has 2 aliphatic heterocycles. The minimum atomic E-state index is -5.61. The molecule has 1 aromatic rings. The smallest absolute Gasteiger partial charge is 0.351 e. The molecule has 0 saturated carbocycles. The number of aromatic nitrogens is 2. The van der Waals surface area contributed by atoms with Gasteiger partial charge in [0.05, 0.1) is 32.0 Å². The zero-order valence-electron chi connectivity index (χ0n) is 19.9. The van der Waals surface area contributed by atoms with Crippen LogP contribution < -0.4 is 21.2 Å². The van der Waals surface area contributed by atoms with E-state index in [0.29, 0.717) is 0 Å². The molecular weight excluding hydrogens is 560 g/mol. The van der Waals surface area contributed by atoms with Crippen molar-refractivity contribution in [1.82, 2.24) is 9.55 Å². The highest BCUT2D eigenvalue weighted by atomic mass is 31.2. The lowest BCUT2D eigenvalue weighted by Crippen LogP contribution is -2.49. The number of anilines is 1. The Balaban J connectivity index is 1.69. The summed E-state index contributed by atoms with van der Waals surface area (Å²) in [5.74, 6) is -3.38. The predicted octanol–water partition coefficient (Wildman–Crippen LogP) is -4.06. The lowest BCUT2D eigenvalue weighted by molar-refractivity contribution is -0.274. The molecule has 0 aromatic carbocycles. The highest BCUT2D eigenvalue weighted by Gasteiger charge is 2.46. The fraction of sp³-hybridized carbons (Fsp3) is 0.778. The van der Waals surface area contributed by atoms with Gasteiger partial charge in [-0.15, -0.1) is 0 Å². The molecule has 2 saturated heterocycles. The van der Waals surface area contributed by atoms with Gasteiger partial charge in [-0.1, -0.05) is 6.92 Å². The average Bonchev–Trinajstić information content (AvgIpc) is 3.10. The minimum Gasteiger partial charge on any atom is -0.777 e. The number of nitrogen functional groups attached to an aromatic ring is 1. The van der Waals surface area contributed by atoms with Crippen molar-refractivity contribution in [2.45, 2.75) is 62.2 Å². The number of ether oxygens (including phenoxy) is 3. The molecule has 0 bridgehead atoms. The summed E-state index contributed by atoms with van der Waals surface area (Å²) in [6.45, 7) is -0.169. The molecule has 0 aliphatic carbocycles. The quantitative estimate of drug-likeness (QED) is 0.134. The number of phosphoric acid groups is 1. The molecule has 20 heteroatoms. The van der Waals surface area contributed by atoms with Gasteiger partial charge in [0.25, 0.3) is 7.82 Å². The Hall–Kier alpha value is -1.34. The summed E-state index contributed by atoms with van der Waals surface area (Å²) in [7, 11) is -11.2. The summed E-state index contributed by atoms with van der Waals surface area (Å²) in [5.41, 5.74) is 4.47. The van der Waals surface area contributed by atoms with Crippen LogP contribution in [0.15, 0.2) is 17.1 Å². The molecule has 2 aliphatic rings. The van der Waals surface area contributed by atoms with Crippen LogP contribution in [0.4, 0.5) is 5.82 Å². The van der Waals surface area contributed by atoms with E-state index in [4.69, 9.17) is 25.1 Å². The van der Waals surface area contributed by atoms with Crippen LogP contribution >= 0.6 is 15.4 Å². The Morgan fingerprint density at radius 3 is 2.55 bits per heavy atom. The topological polar surface area (TPSA) is 288 Å². The Morgan fingerprint density at radius 2 is 1.95 bits per heavy atom. The van der Waals surface area contributed by atoms with E-state index in [1.165, 1.54) is 13.0 Å². The van der Waals surface area contributed by atoms with Crippen molar-refractivity contribution in [3.05, 3.63) is 22.7 Å². The lowest BCUT2D eigenvalue weighted by atomic mass is 9.95. The summed E-state index contributed by atoms with van der Waals surface area (Å²) in [6, 6.07) is 1.22. The summed E-state index contributed by atoms with van der Waals surface area (Å²) in [4.78, 5) is 49.6. The second kappa shape index (κ2) is 12.4. The Bertz CT molecular complexity index is 1100. The van der Waals surface area contributed by atoms with E-state index in [1.54, 1.807) is 0 Å². The third-order valence-electron chi connectivity index (χ3n) is 5.93. The van der Waals surface area contributed by atoms with Crippen molar-refractivity contribution in [3.8, 4) is 0 Å². The molecule has 0 spiro atoms. The lowest BCUT2D eigenvalue weighted by Gasteiger charge is -2.43. The first-order valence-electron chi connectivity index (χ1n) is 11.2. The number of hydrogen-bond donors (Lipinski definition) is 6. The first kappa shape index (κ1) is 31.2. The second-order valence-corrected chi connectivity index (χ2v) is 11.7. The van der Waals surface area contributed by atoms with Gasteiger partial charge >= 0.3 is 5.69 Å². The van der Waals surface area contributed by atoms with Crippen LogP contribution in [-0.2, 0) is 32.4 Å².